The van der Waals surface area contributed by atoms with E-state index < -0.39 is 0 Å². The van der Waals surface area contributed by atoms with E-state index in [4.69, 9.17) is 32.7 Å². The second-order valence-electron chi connectivity index (χ2n) is 6.95. The number of aliphatic hydroxyl groups excluding tert-OH is 1. The van der Waals surface area contributed by atoms with E-state index in [0.29, 0.717) is 29.0 Å². The van der Waals surface area contributed by atoms with Crippen LogP contribution in [0.3, 0.4) is 0 Å². The second-order valence-corrected chi connectivity index (χ2v) is 7.84. The van der Waals surface area contributed by atoms with Gasteiger partial charge in [0, 0.05) is 35.4 Å². The second kappa shape index (κ2) is 10.7. The number of hydrogen-bond acceptors (Lipinski definition) is 5. The first-order valence-corrected chi connectivity index (χ1v) is 10.8. The molecule has 0 radical (unpaired) electrons. The number of pyridine rings is 1. The van der Waals surface area contributed by atoms with Crippen molar-refractivity contribution in [3.8, 4) is 11.6 Å². The molecule has 160 valence electrons. The molecule has 5 nitrogen and oxygen atoms in total. The zero-order valence-electron chi connectivity index (χ0n) is 17.1. The number of nitrogens with zero attached hydrogens (tertiary/aromatic N) is 2. The molecule has 0 aliphatic carbocycles. The number of allylic oxidation sites excluding steroid dienone is 3. The van der Waals surface area contributed by atoms with E-state index in [1.807, 2.05) is 38.1 Å². The Morgan fingerprint density at radius 1 is 1.37 bits per heavy atom. The summed E-state index contributed by atoms with van der Waals surface area (Å²) >= 11 is 12.3. The Labute approximate surface area is 187 Å². The highest BCUT2D eigenvalue weighted by Crippen LogP contribution is 2.31. The van der Waals surface area contributed by atoms with Gasteiger partial charge in [-0.1, -0.05) is 30.1 Å². The molecule has 30 heavy (non-hydrogen) atoms. The van der Waals surface area contributed by atoms with E-state index in [2.05, 4.69) is 9.88 Å². The van der Waals surface area contributed by atoms with Crippen LogP contribution >= 0.6 is 23.2 Å². The van der Waals surface area contributed by atoms with Crippen LogP contribution in [0.25, 0.3) is 0 Å². The third kappa shape index (κ3) is 5.69. The number of ether oxygens (including phenoxy) is 2. The van der Waals surface area contributed by atoms with Crippen LogP contribution in [0.2, 0.25) is 5.02 Å². The molecule has 0 saturated carbocycles. The standard InChI is InChI=1S/C23H26Cl2N2O3/c1-3-17(24)13-18(4-2)29-19-7-8-22(16(12-19)15-28)27-11-9-20(14-27)30-23-21(25)6-5-10-26-23/h4-8,10,12-13,20,28H,3,9,11,14-15H2,1-2H3/b17-13+,18-4+/t20-/m0/s1. The van der Waals surface area contributed by atoms with Crippen LogP contribution in [0.1, 0.15) is 32.3 Å². The molecule has 0 unspecified atom stereocenters. The van der Waals surface area contributed by atoms with Gasteiger partial charge < -0.3 is 19.5 Å². The average Bonchev–Trinajstić information content (AvgIpc) is 3.22. The Morgan fingerprint density at radius 3 is 2.90 bits per heavy atom. The van der Waals surface area contributed by atoms with E-state index >= 15 is 0 Å². The van der Waals surface area contributed by atoms with E-state index in [-0.39, 0.29) is 12.7 Å². The van der Waals surface area contributed by atoms with Gasteiger partial charge in [0.15, 0.2) is 0 Å². The topological polar surface area (TPSA) is 54.8 Å². The molecule has 1 aliphatic heterocycles. The number of rotatable bonds is 8. The predicted molar refractivity (Wildman–Crippen MR) is 121 cm³/mol. The van der Waals surface area contributed by atoms with Gasteiger partial charge in [-0.3, -0.25) is 0 Å². The maximum Gasteiger partial charge on any atom is 0.232 e. The molecule has 0 spiro atoms. The molecule has 2 aromatic rings. The smallest absolute Gasteiger partial charge is 0.232 e. The average molecular weight is 449 g/mol. The van der Waals surface area contributed by atoms with E-state index in [9.17, 15) is 5.11 Å². The highest BCUT2D eigenvalue weighted by atomic mass is 35.5. The minimum atomic E-state index is -0.0860. The Morgan fingerprint density at radius 2 is 2.20 bits per heavy atom. The largest absolute Gasteiger partial charge is 0.471 e. The van der Waals surface area contributed by atoms with Gasteiger partial charge in [-0.15, -0.1) is 0 Å². The van der Waals surface area contributed by atoms with Gasteiger partial charge in [0.25, 0.3) is 0 Å². The van der Waals surface area contributed by atoms with E-state index in [0.717, 1.165) is 35.7 Å². The van der Waals surface area contributed by atoms with Gasteiger partial charge in [-0.25, -0.2) is 4.98 Å². The van der Waals surface area contributed by atoms with Crippen molar-refractivity contribution in [2.75, 3.05) is 18.0 Å². The number of anilines is 1. The number of aromatic nitrogens is 1. The normalized spacial score (nSPS) is 17.4. The number of halogens is 2. The van der Waals surface area contributed by atoms with Gasteiger partial charge in [0.05, 0.1) is 13.2 Å². The quantitative estimate of drug-likeness (QED) is 0.414. The van der Waals surface area contributed by atoms with Crippen LogP contribution < -0.4 is 14.4 Å². The summed E-state index contributed by atoms with van der Waals surface area (Å²) in [6, 6.07) is 9.26. The summed E-state index contributed by atoms with van der Waals surface area (Å²) in [6.45, 7) is 5.30. The molecular formula is C23H26Cl2N2O3. The maximum absolute atomic E-state index is 9.93. The van der Waals surface area contributed by atoms with Gasteiger partial charge in [-0.2, -0.15) is 0 Å². The van der Waals surface area contributed by atoms with Crippen molar-refractivity contribution in [3.05, 3.63) is 70.1 Å². The Balaban J connectivity index is 1.70. The summed E-state index contributed by atoms with van der Waals surface area (Å²) in [4.78, 5) is 6.39. The van der Waals surface area contributed by atoms with Crippen molar-refractivity contribution in [1.82, 2.24) is 4.98 Å². The van der Waals surface area contributed by atoms with Gasteiger partial charge in [0.1, 0.15) is 22.6 Å². The fourth-order valence-electron chi connectivity index (χ4n) is 3.28. The number of aliphatic hydroxyl groups is 1. The highest BCUT2D eigenvalue weighted by molar-refractivity contribution is 6.31. The first-order chi connectivity index (χ1) is 14.5. The molecular weight excluding hydrogens is 423 g/mol. The minimum Gasteiger partial charge on any atom is -0.471 e. The van der Waals surface area contributed by atoms with Gasteiger partial charge in [0.2, 0.25) is 5.88 Å². The van der Waals surface area contributed by atoms with Crippen molar-refractivity contribution < 1.29 is 14.6 Å². The summed E-state index contributed by atoms with van der Waals surface area (Å²) in [6.07, 6.45) is 6.90. The summed E-state index contributed by atoms with van der Waals surface area (Å²) in [5.74, 6) is 1.77. The van der Waals surface area contributed by atoms with Crippen molar-refractivity contribution in [3.63, 3.8) is 0 Å². The molecule has 7 heteroatoms. The van der Waals surface area contributed by atoms with Crippen molar-refractivity contribution in [2.24, 2.45) is 0 Å². The van der Waals surface area contributed by atoms with Crippen LogP contribution in [0, 0.1) is 0 Å². The van der Waals surface area contributed by atoms with E-state index in [1.165, 1.54) is 0 Å². The highest BCUT2D eigenvalue weighted by Gasteiger charge is 2.26. The SMILES string of the molecule is C/C=C(\C=C(\Cl)CC)Oc1ccc(N2CC[C@H](Oc3ncccc3Cl)C2)c(CO)c1. The molecule has 1 atom stereocenters. The summed E-state index contributed by atoms with van der Waals surface area (Å²) in [5, 5.41) is 11.2. The minimum absolute atomic E-state index is 0.0178. The predicted octanol–water partition coefficient (Wildman–Crippen LogP) is 5.70. The molecule has 2 heterocycles. The van der Waals surface area contributed by atoms with Crippen LogP contribution in [-0.2, 0) is 6.61 Å². The summed E-state index contributed by atoms with van der Waals surface area (Å²) < 4.78 is 11.9. The fourth-order valence-corrected chi connectivity index (χ4v) is 3.56. The maximum atomic E-state index is 9.93. The lowest BCUT2D eigenvalue weighted by Gasteiger charge is -2.22. The third-order valence-electron chi connectivity index (χ3n) is 4.87. The van der Waals surface area contributed by atoms with Gasteiger partial charge >= 0.3 is 0 Å². The Kier molecular flexibility index (Phi) is 8.02. The molecule has 1 saturated heterocycles. The molecule has 1 aliphatic rings. The zero-order chi connectivity index (χ0) is 21.5. The molecule has 1 N–H and O–H groups in total. The van der Waals surface area contributed by atoms with Crippen molar-refractivity contribution in [2.45, 2.75) is 39.4 Å². The van der Waals surface area contributed by atoms with Crippen molar-refractivity contribution in [1.29, 1.82) is 0 Å². The van der Waals surface area contributed by atoms with Crippen LogP contribution in [0.15, 0.2) is 59.5 Å². The zero-order valence-corrected chi connectivity index (χ0v) is 18.7. The summed E-state index contributed by atoms with van der Waals surface area (Å²) in [7, 11) is 0. The Bertz CT molecular complexity index is 930. The number of hydrogen-bond donors (Lipinski definition) is 1. The molecule has 0 amide bonds. The third-order valence-corrected chi connectivity index (χ3v) is 5.53. The van der Waals surface area contributed by atoms with Crippen molar-refractivity contribution >= 4 is 28.9 Å². The van der Waals surface area contributed by atoms with Gasteiger partial charge in [-0.05, 0) is 55.8 Å². The first kappa shape index (κ1) is 22.5. The van der Waals surface area contributed by atoms with Crippen LogP contribution in [0.4, 0.5) is 5.69 Å². The Hall–Kier alpha value is -2.21. The summed E-state index contributed by atoms with van der Waals surface area (Å²) in [5.41, 5.74) is 1.76. The molecule has 1 aromatic heterocycles. The number of benzene rings is 1. The van der Waals surface area contributed by atoms with Crippen LogP contribution in [0.5, 0.6) is 11.6 Å². The first-order valence-electron chi connectivity index (χ1n) is 10.00. The molecule has 1 fully saturated rings. The lowest BCUT2D eigenvalue weighted by atomic mass is 10.1. The monoisotopic (exact) mass is 448 g/mol. The molecule has 0 bridgehead atoms. The molecule has 3 rings (SSSR count). The van der Waals surface area contributed by atoms with E-state index in [1.54, 1.807) is 24.4 Å². The fraction of sp³-hybridized carbons (Fsp3) is 0.348. The lowest BCUT2D eigenvalue weighted by Crippen LogP contribution is -2.25. The lowest BCUT2D eigenvalue weighted by molar-refractivity contribution is 0.216. The molecule has 1 aromatic carbocycles. The van der Waals surface area contributed by atoms with Crippen LogP contribution in [-0.4, -0.2) is 29.3 Å².